The molecule has 2 aromatic carbocycles. The standard InChI is InChI=1S/C20H24N6/c1-24(20-21-22-23-26(20)19-8-4-2-5-9-19)16-17-10-12-18(13-11-17)25-14-6-3-7-15-25/h2,4-5,8-13H,3,6-7,14-16H2,1H3. The van der Waals surface area contributed by atoms with Crippen LogP contribution in [-0.2, 0) is 6.54 Å². The van der Waals surface area contributed by atoms with Gasteiger partial charge in [-0.05, 0) is 59.5 Å². The Hall–Kier alpha value is -2.89. The van der Waals surface area contributed by atoms with Gasteiger partial charge in [-0.3, -0.25) is 0 Å². The monoisotopic (exact) mass is 348 g/mol. The van der Waals surface area contributed by atoms with Crippen LogP contribution in [0.1, 0.15) is 24.8 Å². The molecule has 1 saturated heterocycles. The van der Waals surface area contributed by atoms with Crippen LogP contribution in [0.3, 0.4) is 0 Å². The lowest BCUT2D eigenvalue weighted by atomic mass is 10.1. The van der Waals surface area contributed by atoms with E-state index in [9.17, 15) is 0 Å². The molecule has 1 fully saturated rings. The van der Waals surface area contributed by atoms with Gasteiger partial charge in [0, 0.05) is 32.4 Å². The molecule has 0 N–H and O–H groups in total. The quantitative estimate of drug-likeness (QED) is 0.708. The van der Waals surface area contributed by atoms with Crippen LogP contribution in [0.5, 0.6) is 0 Å². The molecule has 0 amide bonds. The van der Waals surface area contributed by atoms with Crippen molar-refractivity contribution in [3.05, 3.63) is 60.2 Å². The van der Waals surface area contributed by atoms with Gasteiger partial charge in [0.15, 0.2) is 0 Å². The zero-order valence-corrected chi connectivity index (χ0v) is 15.1. The summed E-state index contributed by atoms with van der Waals surface area (Å²) in [5.74, 6) is 0.733. The maximum atomic E-state index is 4.20. The summed E-state index contributed by atoms with van der Waals surface area (Å²) in [6.07, 6.45) is 3.95. The van der Waals surface area contributed by atoms with E-state index in [-0.39, 0.29) is 0 Å². The fourth-order valence-electron chi connectivity index (χ4n) is 3.47. The fourth-order valence-corrected chi connectivity index (χ4v) is 3.47. The maximum Gasteiger partial charge on any atom is 0.250 e. The molecule has 0 bridgehead atoms. The second-order valence-electron chi connectivity index (χ2n) is 6.80. The summed E-state index contributed by atoms with van der Waals surface area (Å²) in [6.45, 7) is 3.10. The van der Waals surface area contributed by atoms with Crippen LogP contribution in [0.4, 0.5) is 11.6 Å². The van der Waals surface area contributed by atoms with Gasteiger partial charge in [-0.25, -0.2) is 0 Å². The van der Waals surface area contributed by atoms with Gasteiger partial charge in [-0.1, -0.05) is 35.4 Å². The van der Waals surface area contributed by atoms with Crippen molar-refractivity contribution in [2.24, 2.45) is 0 Å². The van der Waals surface area contributed by atoms with Crippen molar-refractivity contribution in [3.8, 4) is 5.69 Å². The maximum absolute atomic E-state index is 4.20. The van der Waals surface area contributed by atoms with Crippen molar-refractivity contribution < 1.29 is 0 Å². The van der Waals surface area contributed by atoms with Crippen molar-refractivity contribution >= 4 is 11.6 Å². The molecule has 1 aromatic heterocycles. The number of hydrogen-bond acceptors (Lipinski definition) is 5. The summed E-state index contributed by atoms with van der Waals surface area (Å²) < 4.78 is 1.77. The fraction of sp³-hybridized carbons (Fsp3) is 0.350. The van der Waals surface area contributed by atoms with Gasteiger partial charge >= 0.3 is 0 Å². The van der Waals surface area contributed by atoms with Crippen LogP contribution >= 0.6 is 0 Å². The lowest BCUT2D eigenvalue weighted by molar-refractivity contribution is 0.578. The normalized spacial score (nSPS) is 14.4. The second kappa shape index (κ2) is 7.56. The molecule has 0 atom stereocenters. The number of para-hydroxylation sites is 1. The first-order chi connectivity index (χ1) is 12.8. The molecule has 1 aliphatic heterocycles. The molecular formula is C20H24N6. The first kappa shape index (κ1) is 16.6. The largest absolute Gasteiger partial charge is 0.372 e. The Morgan fingerprint density at radius 3 is 2.35 bits per heavy atom. The van der Waals surface area contributed by atoms with Gasteiger partial charge in [0.25, 0.3) is 0 Å². The average molecular weight is 348 g/mol. The van der Waals surface area contributed by atoms with E-state index >= 15 is 0 Å². The topological polar surface area (TPSA) is 50.1 Å². The number of rotatable bonds is 5. The van der Waals surface area contributed by atoms with Gasteiger partial charge in [0.05, 0.1) is 5.69 Å². The molecule has 1 aliphatic rings. The molecule has 4 rings (SSSR count). The summed E-state index contributed by atoms with van der Waals surface area (Å²) >= 11 is 0. The highest BCUT2D eigenvalue weighted by Crippen LogP contribution is 2.21. The summed E-state index contributed by atoms with van der Waals surface area (Å²) in [5, 5.41) is 12.2. The summed E-state index contributed by atoms with van der Waals surface area (Å²) in [4.78, 5) is 4.55. The first-order valence-electron chi connectivity index (χ1n) is 9.20. The zero-order chi connectivity index (χ0) is 17.8. The lowest BCUT2D eigenvalue weighted by Crippen LogP contribution is -2.29. The van der Waals surface area contributed by atoms with Crippen molar-refractivity contribution in [2.45, 2.75) is 25.8 Å². The Morgan fingerprint density at radius 1 is 0.885 bits per heavy atom. The highest BCUT2D eigenvalue weighted by atomic mass is 15.6. The Labute approximate surface area is 154 Å². The molecule has 6 nitrogen and oxygen atoms in total. The van der Waals surface area contributed by atoms with E-state index in [4.69, 9.17) is 0 Å². The van der Waals surface area contributed by atoms with Crippen LogP contribution < -0.4 is 9.80 Å². The third kappa shape index (κ3) is 3.54. The molecule has 0 radical (unpaired) electrons. The Balaban J connectivity index is 1.47. The lowest BCUT2D eigenvalue weighted by Gasteiger charge is -2.29. The van der Waals surface area contributed by atoms with Crippen LogP contribution in [-0.4, -0.2) is 40.3 Å². The molecular weight excluding hydrogens is 324 g/mol. The third-order valence-electron chi connectivity index (χ3n) is 4.87. The Bertz CT molecular complexity index is 821. The first-order valence-corrected chi connectivity index (χ1v) is 9.20. The minimum absolute atomic E-state index is 0.733. The average Bonchev–Trinajstić information content (AvgIpc) is 3.20. The highest BCUT2D eigenvalue weighted by Gasteiger charge is 2.14. The molecule has 0 saturated carbocycles. The van der Waals surface area contributed by atoms with E-state index in [2.05, 4.69) is 49.6 Å². The molecule has 26 heavy (non-hydrogen) atoms. The summed E-state index contributed by atoms with van der Waals surface area (Å²) in [5.41, 5.74) is 3.53. The molecule has 2 heterocycles. The van der Waals surface area contributed by atoms with E-state index in [0.29, 0.717) is 0 Å². The van der Waals surface area contributed by atoms with Gasteiger partial charge in [0.2, 0.25) is 5.95 Å². The molecule has 6 heteroatoms. The van der Waals surface area contributed by atoms with Gasteiger partial charge in [0.1, 0.15) is 0 Å². The van der Waals surface area contributed by atoms with Crippen molar-refractivity contribution in [1.29, 1.82) is 0 Å². The van der Waals surface area contributed by atoms with E-state index in [0.717, 1.165) is 18.2 Å². The van der Waals surface area contributed by atoms with Crippen molar-refractivity contribution in [2.75, 3.05) is 29.9 Å². The smallest absolute Gasteiger partial charge is 0.250 e. The molecule has 0 aliphatic carbocycles. The zero-order valence-electron chi connectivity index (χ0n) is 15.1. The number of tetrazole rings is 1. The number of benzene rings is 2. The number of nitrogens with zero attached hydrogens (tertiary/aromatic N) is 6. The Kier molecular flexibility index (Phi) is 4.82. The van der Waals surface area contributed by atoms with E-state index in [1.165, 1.54) is 43.6 Å². The predicted octanol–water partition coefficient (Wildman–Crippen LogP) is 3.29. The molecule has 3 aromatic rings. The number of hydrogen-bond donors (Lipinski definition) is 0. The number of piperidine rings is 1. The Morgan fingerprint density at radius 2 is 1.62 bits per heavy atom. The summed E-state index contributed by atoms with van der Waals surface area (Å²) in [7, 11) is 2.02. The minimum Gasteiger partial charge on any atom is -0.372 e. The molecule has 0 unspecified atom stereocenters. The van der Waals surface area contributed by atoms with Crippen LogP contribution in [0, 0.1) is 0 Å². The van der Waals surface area contributed by atoms with Gasteiger partial charge in [-0.15, -0.1) is 0 Å². The van der Waals surface area contributed by atoms with E-state index < -0.39 is 0 Å². The van der Waals surface area contributed by atoms with Crippen LogP contribution in [0.2, 0.25) is 0 Å². The minimum atomic E-state index is 0.733. The number of anilines is 2. The SMILES string of the molecule is CN(Cc1ccc(N2CCCCC2)cc1)c1nnnn1-c1ccccc1. The summed E-state index contributed by atoms with van der Waals surface area (Å²) in [6, 6.07) is 18.8. The van der Waals surface area contributed by atoms with Crippen molar-refractivity contribution in [1.82, 2.24) is 20.2 Å². The second-order valence-corrected chi connectivity index (χ2v) is 6.80. The molecule has 0 spiro atoms. The van der Waals surface area contributed by atoms with Crippen LogP contribution in [0.15, 0.2) is 54.6 Å². The van der Waals surface area contributed by atoms with E-state index in [1.54, 1.807) is 4.68 Å². The van der Waals surface area contributed by atoms with Gasteiger partial charge < -0.3 is 9.80 Å². The van der Waals surface area contributed by atoms with E-state index in [1.807, 2.05) is 37.4 Å². The number of aromatic nitrogens is 4. The van der Waals surface area contributed by atoms with Gasteiger partial charge in [-0.2, -0.15) is 4.68 Å². The highest BCUT2D eigenvalue weighted by molar-refractivity contribution is 5.48. The third-order valence-corrected chi connectivity index (χ3v) is 4.87. The predicted molar refractivity (Wildman–Crippen MR) is 104 cm³/mol. The molecule has 134 valence electrons. The van der Waals surface area contributed by atoms with Crippen molar-refractivity contribution in [3.63, 3.8) is 0 Å². The van der Waals surface area contributed by atoms with Crippen LogP contribution in [0.25, 0.3) is 5.69 Å².